The van der Waals surface area contributed by atoms with Crippen LogP contribution in [0.15, 0.2) is 54.0 Å². The van der Waals surface area contributed by atoms with Crippen LogP contribution in [0.25, 0.3) is 44.9 Å². The van der Waals surface area contributed by atoms with Gasteiger partial charge in [0.1, 0.15) is 11.2 Å². The zero-order valence-electron chi connectivity index (χ0n) is 10.4. The van der Waals surface area contributed by atoms with Crippen LogP contribution < -0.4 is 0 Å². The van der Waals surface area contributed by atoms with E-state index in [4.69, 9.17) is 4.42 Å². The summed E-state index contributed by atoms with van der Waals surface area (Å²) in [6.07, 6.45) is 3.81. The molecule has 1 heterocycles. The smallest absolute Gasteiger partial charge is 0.136 e. The quantitative estimate of drug-likeness (QED) is 0.426. The van der Waals surface area contributed by atoms with Crippen LogP contribution in [0, 0.1) is 0 Å². The van der Waals surface area contributed by atoms with Crippen molar-refractivity contribution in [2.75, 3.05) is 0 Å². The van der Waals surface area contributed by atoms with Crippen molar-refractivity contribution in [3.05, 3.63) is 60.7 Å². The Kier molecular flexibility index (Phi) is 1.91. The van der Waals surface area contributed by atoms with E-state index in [2.05, 4.69) is 25.3 Å². The molecule has 0 radical (unpaired) electrons. The van der Waals surface area contributed by atoms with Gasteiger partial charge >= 0.3 is 0 Å². The Balaban J connectivity index is 2.50. The Morgan fingerprint density at radius 1 is 0.737 bits per heavy atom. The second kappa shape index (κ2) is 3.48. The summed E-state index contributed by atoms with van der Waals surface area (Å²) in [7, 11) is 0. The SMILES string of the molecule is C=Cc1c(C=C)c2cccc3oc4cccc1c4c32. The van der Waals surface area contributed by atoms with Crippen LogP contribution in [0.3, 0.4) is 0 Å². The molecule has 1 aromatic heterocycles. The molecule has 3 aromatic carbocycles. The second-order valence-corrected chi connectivity index (χ2v) is 4.70. The minimum atomic E-state index is 0.933. The third-order valence-corrected chi connectivity index (χ3v) is 3.80. The molecule has 0 fully saturated rings. The van der Waals surface area contributed by atoms with Crippen molar-refractivity contribution in [3.8, 4) is 0 Å². The zero-order valence-corrected chi connectivity index (χ0v) is 10.4. The van der Waals surface area contributed by atoms with Gasteiger partial charge in [-0.1, -0.05) is 49.6 Å². The predicted octanol–water partition coefficient (Wildman–Crippen LogP) is 5.46. The van der Waals surface area contributed by atoms with E-state index in [1.54, 1.807) is 0 Å². The van der Waals surface area contributed by atoms with E-state index in [1.165, 1.54) is 21.5 Å². The van der Waals surface area contributed by atoms with Crippen molar-refractivity contribution in [3.63, 3.8) is 0 Å². The molecular weight excluding hydrogens is 232 g/mol. The Hall–Kier alpha value is -2.54. The van der Waals surface area contributed by atoms with Crippen LogP contribution in [0.5, 0.6) is 0 Å². The van der Waals surface area contributed by atoms with E-state index in [0.717, 1.165) is 22.3 Å². The molecule has 90 valence electrons. The summed E-state index contributed by atoms with van der Waals surface area (Å²) in [5, 5.41) is 4.74. The lowest BCUT2D eigenvalue weighted by Gasteiger charge is -2.10. The fraction of sp³-hybridized carbons (Fsp3) is 0. The van der Waals surface area contributed by atoms with Crippen LogP contribution in [0.1, 0.15) is 11.1 Å². The number of hydrogen-bond donors (Lipinski definition) is 0. The molecule has 0 bridgehead atoms. The lowest BCUT2D eigenvalue weighted by atomic mass is 9.92. The normalized spacial score (nSPS) is 11.6. The lowest BCUT2D eigenvalue weighted by Crippen LogP contribution is -1.87. The van der Waals surface area contributed by atoms with Crippen LogP contribution in [0.2, 0.25) is 0 Å². The summed E-state index contributed by atoms with van der Waals surface area (Å²) in [6.45, 7) is 7.91. The summed E-state index contributed by atoms with van der Waals surface area (Å²) < 4.78 is 5.94. The molecule has 4 aromatic rings. The van der Waals surface area contributed by atoms with Gasteiger partial charge in [-0.15, -0.1) is 0 Å². The fourth-order valence-electron chi connectivity index (χ4n) is 3.05. The minimum Gasteiger partial charge on any atom is -0.456 e. The molecule has 0 atom stereocenters. The number of furan rings is 1. The molecular formula is C18H12O. The predicted molar refractivity (Wildman–Crippen MR) is 82.6 cm³/mol. The molecule has 1 heteroatoms. The second-order valence-electron chi connectivity index (χ2n) is 4.70. The average molecular weight is 244 g/mol. The highest BCUT2D eigenvalue weighted by Gasteiger charge is 2.17. The first-order valence-electron chi connectivity index (χ1n) is 6.29. The van der Waals surface area contributed by atoms with Crippen LogP contribution >= 0.6 is 0 Å². The van der Waals surface area contributed by atoms with Gasteiger partial charge in [-0.05, 0) is 34.0 Å². The highest BCUT2D eigenvalue weighted by molar-refractivity contribution is 6.25. The number of rotatable bonds is 2. The van der Waals surface area contributed by atoms with E-state index in [-0.39, 0.29) is 0 Å². The van der Waals surface area contributed by atoms with Gasteiger partial charge in [-0.25, -0.2) is 0 Å². The van der Waals surface area contributed by atoms with E-state index in [1.807, 2.05) is 36.4 Å². The largest absolute Gasteiger partial charge is 0.456 e. The third kappa shape index (κ3) is 1.14. The van der Waals surface area contributed by atoms with Gasteiger partial charge in [0.25, 0.3) is 0 Å². The molecule has 0 unspecified atom stereocenters. The number of hydrogen-bond acceptors (Lipinski definition) is 1. The topological polar surface area (TPSA) is 13.1 Å². The molecule has 0 saturated carbocycles. The van der Waals surface area contributed by atoms with Gasteiger partial charge in [-0.3, -0.25) is 0 Å². The molecule has 0 saturated heterocycles. The maximum absolute atomic E-state index is 5.94. The first-order chi connectivity index (χ1) is 9.35. The standard InChI is InChI=1S/C18H12O/c1-3-11-12(4-2)14-8-6-10-16-18(14)17-13(11)7-5-9-15(17)19-16/h3-10H,1-2H2. The first-order valence-corrected chi connectivity index (χ1v) is 6.29. The van der Waals surface area contributed by atoms with Crippen LogP contribution in [0.4, 0.5) is 0 Å². The van der Waals surface area contributed by atoms with Gasteiger partial charge in [0.15, 0.2) is 0 Å². The average Bonchev–Trinajstić information content (AvgIpc) is 2.83. The molecule has 0 amide bonds. The van der Waals surface area contributed by atoms with Crippen molar-refractivity contribution < 1.29 is 4.42 Å². The van der Waals surface area contributed by atoms with Crippen molar-refractivity contribution in [1.29, 1.82) is 0 Å². The van der Waals surface area contributed by atoms with E-state index in [9.17, 15) is 0 Å². The summed E-state index contributed by atoms with van der Waals surface area (Å²) >= 11 is 0. The molecule has 0 N–H and O–H groups in total. The van der Waals surface area contributed by atoms with E-state index < -0.39 is 0 Å². The zero-order chi connectivity index (χ0) is 13.0. The minimum absolute atomic E-state index is 0.933. The highest BCUT2D eigenvalue weighted by atomic mass is 16.3. The molecule has 4 rings (SSSR count). The van der Waals surface area contributed by atoms with Gasteiger partial charge in [0, 0.05) is 10.8 Å². The van der Waals surface area contributed by atoms with Crippen molar-refractivity contribution in [1.82, 2.24) is 0 Å². The van der Waals surface area contributed by atoms with Gasteiger partial charge in [-0.2, -0.15) is 0 Å². The van der Waals surface area contributed by atoms with Gasteiger partial charge < -0.3 is 4.42 Å². The molecule has 0 spiro atoms. The summed E-state index contributed by atoms with van der Waals surface area (Å²) in [5.74, 6) is 0. The Bertz CT molecular complexity index is 864. The molecule has 1 nitrogen and oxygen atoms in total. The monoisotopic (exact) mass is 244 g/mol. The van der Waals surface area contributed by atoms with Gasteiger partial charge in [0.2, 0.25) is 0 Å². The fourth-order valence-corrected chi connectivity index (χ4v) is 3.05. The van der Waals surface area contributed by atoms with Crippen molar-refractivity contribution >= 4 is 44.9 Å². The Morgan fingerprint density at radius 3 is 1.63 bits per heavy atom. The lowest BCUT2D eigenvalue weighted by molar-refractivity contribution is 0.669. The maximum Gasteiger partial charge on any atom is 0.136 e. The van der Waals surface area contributed by atoms with Crippen LogP contribution in [-0.4, -0.2) is 0 Å². The Labute approximate surface area is 110 Å². The molecule has 19 heavy (non-hydrogen) atoms. The third-order valence-electron chi connectivity index (χ3n) is 3.80. The van der Waals surface area contributed by atoms with Crippen molar-refractivity contribution in [2.45, 2.75) is 0 Å². The summed E-state index contributed by atoms with van der Waals surface area (Å²) in [4.78, 5) is 0. The summed E-state index contributed by atoms with van der Waals surface area (Å²) in [6, 6.07) is 12.3. The van der Waals surface area contributed by atoms with E-state index >= 15 is 0 Å². The molecule has 0 aliphatic carbocycles. The van der Waals surface area contributed by atoms with Crippen LogP contribution in [-0.2, 0) is 0 Å². The Morgan fingerprint density at radius 2 is 1.21 bits per heavy atom. The molecule has 0 aliphatic heterocycles. The van der Waals surface area contributed by atoms with E-state index in [0.29, 0.717) is 0 Å². The summed E-state index contributed by atoms with van der Waals surface area (Å²) in [5.41, 5.74) is 4.12. The van der Waals surface area contributed by atoms with Crippen molar-refractivity contribution in [2.24, 2.45) is 0 Å². The highest BCUT2D eigenvalue weighted by Crippen LogP contribution is 2.41. The first kappa shape index (κ1) is 10.4. The number of benzene rings is 3. The van der Waals surface area contributed by atoms with Gasteiger partial charge in [0.05, 0.1) is 0 Å². The maximum atomic E-state index is 5.94. The molecule has 0 aliphatic rings.